The number of amides is 1. The average Bonchev–Trinajstić information content (AvgIpc) is 2.76. The van der Waals surface area contributed by atoms with Crippen LogP contribution in [-0.2, 0) is 20.5 Å². The molecule has 1 amide bonds. The predicted octanol–water partition coefficient (Wildman–Crippen LogP) is 1.79. The highest BCUT2D eigenvalue weighted by Crippen LogP contribution is 2.37. The molecular weight excluding hydrogens is 253 g/mol. The molecule has 5 heteroatoms. The molecule has 2 aliphatic heterocycles. The summed E-state index contributed by atoms with van der Waals surface area (Å²) >= 11 is 0. The molecule has 1 N–H and O–H groups in total. The van der Waals surface area contributed by atoms with Crippen LogP contribution in [-0.4, -0.2) is 24.2 Å². The summed E-state index contributed by atoms with van der Waals surface area (Å²) in [4.78, 5) is 11.6. The van der Waals surface area contributed by atoms with E-state index in [1.54, 1.807) is 0 Å². The molecule has 1 aromatic rings. The van der Waals surface area contributed by atoms with Gasteiger partial charge in [0, 0.05) is 5.69 Å². The van der Waals surface area contributed by atoms with Gasteiger partial charge in [0.15, 0.2) is 0 Å². The smallest absolute Gasteiger partial charge is 0.399 e. The van der Waals surface area contributed by atoms with Gasteiger partial charge in [-0.3, -0.25) is 4.79 Å². The van der Waals surface area contributed by atoms with Crippen LogP contribution in [0.15, 0.2) is 12.1 Å². The van der Waals surface area contributed by atoms with E-state index in [1.165, 1.54) is 0 Å². The second-order valence-corrected chi connectivity index (χ2v) is 6.64. The fourth-order valence-corrected chi connectivity index (χ4v) is 2.73. The molecule has 2 aliphatic rings. The van der Waals surface area contributed by atoms with Gasteiger partial charge >= 0.3 is 7.12 Å². The Kier molecular flexibility index (Phi) is 2.79. The van der Waals surface area contributed by atoms with Crippen molar-refractivity contribution in [3.8, 4) is 0 Å². The van der Waals surface area contributed by atoms with E-state index in [4.69, 9.17) is 9.31 Å². The summed E-state index contributed by atoms with van der Waals surface area (Å²) in [5.74, 6) is 0.0309. The number of carbonyl (C=O) groups excluding carboxylic acids is 1. The number of rotatable bonds is 1. The maximum atomic E-state index is 11.6. The van der Waals surface area contributed by atoms with Crippen LogP contribution < -0.4 is 10.8 Å². The highest BCUT2D eigenvalue weighted by atomic mass is 16.7. The Morgan fingerprint density at radius 1 is 1.15 bits per heavy atom. The Hall–Kier alpha value is -1.33. The third kappa shape index (κ3) is 1.88. The van der Waals surface area contributed by atoms with Gasteiger partial charge in [0.1, 0.15) is 0 Å². The molecule has 1 aromatic carbocycles. The van der Waals surface area contributed by atoms with E-state index < -0.39 is 7.12 Å². The van der Waals surface area contributed by atoms with Gasteiger partial charge in [0.05, 0.1) is 17.6 Å². The fourth-order valence-electron chi connectivity index (χ4n) is 2.73. The number of benzene rings is 1. The van der Waals surface area contributed by atoms with Crippen LogP contribution >= 0.6 is 0 Å². The summed E-state index contributed by atoms with van der Waals surface area (Å²) in [5, 5.41) is 2.88. The summed E-state index contributed by atoms with van der Waals surface area (Å²) in [6.45, 7) is 10.2. The van der Waals surface area contributed by atoms with Gasteiger partial charge in [-0.05, 0) is 51.7 Å². The molecule has 0 radical (unpaired) electrons. The van der Waals surface area contributed by atoms with Gasteiger partial charge in [-0.1, -0.05) is 11.6 Å². The molecule has 0 saturated carbocycles. The third-order valence-corrected chi connectivity index (χ3v) is 4.68. The zero-order valence-corrected chi connectivity index (χ0v) is 12.7. The van der Waals surface area contributed by atoms with Crippen molar-refractivity contribution in [2.24, 2.45) is 0 Å². The van der Waals surface area contributed by atoms with E-state index >= 15 is 0 Å². The van der Waals surface area contributed by atoms with E-state index in [1.807, 2.05) is 46.8 Å². The second kappa shape index (κ2) is 4.09. The van der Waals surface area contributed by atoms with Crippen LogP contribution in [0.1, 0.15) is 38.8 Å². The van der Waals surface area contributed by atoms with Crippen LogP contribution in [0.4, 0.5) is 5.69 Å². The van der Waals surface area contributed by atoms with Crippen molar-refractivity contribution < 1.29 is 14.1 Å². The Morgan fingerprint density at radius 2 is 1.75 bits per heavy atom. The molecule has 0 aliphatic carbocycles. The number of carbonyl (C=O) groups is 1. The standard InChI is InChI=1S/C15H20BNO3/c1-9-6-7-11-10(8-12(18)17-11)13(9)16-19-14(2,3)15(4,5)20-16/h6-7H,8H2,1-5H3,(H,17,18). The molecule has 3 rings (SSSR count). The molecule has 1 saturated heterocycles. The molecular formula is C15H20BNO3. The first kappa shape index (κ1) is 13.6. The SMILES string of the molecule is Cc1ccc2c(c1B1OC(C)(C)C(C)(C)O1)CC(=O)N2. The number of nitrogens with one attached hydrogen (secondary N) is 1. The van der Waals surface area contributed by atoms with Crippen molar-refractivity contribution in [1.82, 2.24) is 0 Å². The van der Waals surface area contributed by atoms with Gasteiger partial charge in [-0.2, -0.15) is 0 Å². The Bertz CT molecular complexity index is 579. The summed E-state index contributed by atoms with van der Waals surface area (Å²) in [6, 6.07) is 3.95. The molecule has 4 nitrogen and oxygen atoms in total. The molecule has 0 bridgehead atoms. The summed E-state index contributed by atoms with van der Waals surface area (Å²) < 4.78 is 12.3. The van der Waals surface area contributed by atoms with Gasteiger partial charge in [-0.25, -0.2) is 0 Å². The first-order valence-electron chi connectivity index (χ1n) is 6.99. The minimum atomic E-state index is -0.414. The molecule has 1 fully saturated rings. The summed E-state index contributed by atoms with van der Waals surface area (Å²) in [6.07, 6.45) is 0.399. The highest BCUT2D eigenvalue weighted by molar-refractivity contribution is 6.63. The Balaban J connectivity index is 2.05. The summed E-state index contributed by atoms with van der Waals surface area (Å²) in [5.41, 5.74) is 3.24. The molecule has 0 atom stereocenters. The number of anilines is 1. The van der Waals surface area contributed by atoms with Crippen molar-refractivity contribution in [2.75, 3.05) is 5.32 Å². The van der Waals surface area contributed by atoms with E-state index in [2.05, 4.69) is 5.32 Å². The first-order chi connectivity index (χ1) is 9.21. The molecule has 0 unspecified atom stereocenters. The number of hydrogen-bond donors (Lipinski definition) is 1. The Morgan fingerprint density at radius 3 is 2.35 bits per heavy atom. The lowest BCUT2D eigenvalue weighted by Crippen LogP contribution is -2.41. The molecule has 106 valence electrons. The predicted molar refractivity (Wildman–Crippen MR) is 79.2 cm³/mol. The lowest BCUT2D eigenvalue weighted by Gasteiger charge is -2.32. The van der Waals surface area contributed by atoms with Gasteiger partial charge < -0.3 is 14.6 Å². The van der Waals surface area contributed by atoms with E-state index in [0.717, 1.165) is 22.3 Å². The van der Waals surface area contributed by atoms with E-state index in [9.17, 15) is 4.79 Å². The first-order valence-corrected chi connectivity index (χ1v) is 6.99. The minimum absolute atomic E-state index is 0.0309. The van der Waals surface area contributed by atoms with Crippen molar-refractivity contribution in [1.29, 1.82) is 0 Å². The molecule has 0 spiro atoms. The van der Waals surface area contributed by atoms with Crippen LogP contribution in [0.5, 0.6) is 0 Å². The Labute approximate surface area is 120 Å². The molecule has 2 heterocycles. The third-order valence-electron chi connectivity index (χ3n) is 4.68. The van der Waals surface area contributed by atoms with E-state index in [0.29, 0.717) is 6.42 Å². The molecule has 20 heavy (non-hydrogen) atoms. The largest absolute Gasteiger partial charge is 0.495 e. The average molecular weight is 273 g/mol. The van der Waals surface area contributed by atoms with Gasteiger partial charge in [0.25, 0.3) is 0 Å². The van der Waals surface area contributed by atoms with Crippen molar-refractivity contribution in [2.45, 2.75) is 52.2 Å². The number of aryl methyl sites for hydroxylation is 1. The normalized spacial score (nSPS) is 22.9. The van der Waals surface area contributed by atoms with Crippen LogP contribution in [0, 0.1) is 6.92 Å². The number of hydrogen-bond acceptors (Lipinski definition) is 3. The lowest BCUT2D eigenvalue weighted by atomic mass is 9.72. The zero-order valence-electron chi connectivity index (χ0n) is 12.7. The second-order valence-electron chi connectivity index (χ2n) is 6.64. The van der Waals surface area contributed by atoms with Crippen LogP contribution in [0.2, 0.25) is 0 Å². The van der Waals surface area contributed by atoms with Crippen molar-refractivity contribution >= 4 is 24.2 Å². The highest BCUT2D eigenvalue weighted by Gasteiger charge is 2.53. The van der Waals surface area contributed by atoms with Gasteiger partial charge in [0.2, 0.25) is 5.91 Å². The van der Waals surface area contributed by atoms with Crippen molar-refractivity contribution in [3.05, 3.63) is 23.3 Å². The monoisotopic (exact) mass is 273 g/mol. The summed E-state index contributed by atoms with van der Waals surface area (Å²) in [7, 11) is -0.414. The lowest BCUT2D eigenvalue weighted by molar-refractivity contribution is -0.115. The number of fused-ring (bicyclic) bond motifs is 1. The van der Waals surface area contributed by atoms with Crippen LogP contribution in [0.25, 0.3) is 0 Å². The minimum Gasteiger partial charge on any atom is -0.399 e. The zero-order chi connectivity index (χ0) is 14.7. The molecule has 0 aromatic heterocycles. The topological polar surface area (TPSA) is 47.6 Å². The maximum Gasteiger partial charge on any atom is 0.495 e. The maximum absolute atomic E-state index is 11.6. The van der Waals surface area contributed by atoms with Crippen molar-refractivity contribution in [3.63, 3.8) is 0 Å². The fraction of sp³-hybridized carbons (Fsp3) is 0.533. The van der Waals surface area contributed by atoms with Crippen LogP contribution in [0.3, 0.4) is 0 Å². The van der Waals surface area contributed by atoms with E-state index in [-0.39, 0.29) is 17.1 Å². The quantitative estimate of drug-likeness (QED) is 0.793. The van der Waals surface area contributed by atoms with Gasteiger partial charge in [-0.15, -0.1) is 0 Å².